The van der Waals surface area contributed by atoms with Crippen molar-refractivity contribution in [2.24, 2.45) is 0 Å². The van der Waals surface area contributed by atoms with Crippen LogP contribution in [0.3, 0.4) is 0 Å². The van der Waals surface area contributed by atoms with E-state index in [1.807, 2.05) is 6.08 Å². The van der Waals surface area contributed by atoms with Crippen molar-refractivity contribution in [1.82, 2.24) is 0 Å². The Hall–Kier alpha value is -0.300. The van der Waals surface area contributed by atoms with E-state index < -0.39 is 0 Å². The van der Waals surface area contributed by atoms with Gasteiger partial charge in [-0.15, -0.1) is 6.58 Å². The molecule has 1 heteroatoms. The zero-order valence-corrected chi connectivity index (χ0v) is 13.2. The molecule has 0 aromatic heterocycles. The van der Waals surface area contributed by atoms with Gasteiger partial charge in [0.2, 0.25) is 0 Å². The summed E-state index contributed by atoms with van der Waals surface area (Å²) in [6.07, 6.45) is 19.5. The maximum atomic E-state index is 9.84. The average Bonchev–Trinajstić information content (AvgIpc) is 2.42. The highest BCUT2D eigenvalue weighted by Crippen LogP contribution is 2.13. The first kappa shape index (κ1) is 18.7. The first-order chi connectivity index (χ1) is 9.31. The van der Waals surface area contributed by atoms with Crippen molar-refractivity contribution in [2.45, 2.75) is 103 Å². The normalized spacial score (nSPS) is 12.5. The molecule has 1 nitrogen and oxygen atoms in total. The molecule has 1 atom stereocenters. The van der Waals surface area contributed by atoms with Gasteiger partial charge in [-0.25, -0.2) is 0 Å². The molecule has 114 valence electrons. The van der Waals surface area contributed by atoms with Crippen molar-refractivity contribution in [1.29, 1.82) is 0 Å². The number of hydrogen-bond donors (Lipinski definition) is 1. The van der Waals surface area contributed by atoms with Gasteiger partial charge in [-0.05, 0) is 25.7 Å². The molecule has 0 aliphatic carbocycles. The molecule has 0 radical (unpaired) electrons. The van der Waals surface area contributed by atoms with Crippen LogP contribution in [0.2, 0.25) is 0 Å². The van der Waals surface area contributed by atoms with E-state index in [4.69, 9.17) is 0 Å². The Labute approximate surface area is 121 Å². The van der Waals surface area contributed by atoms with Crippen molar-refractivity contribution in [3.05, 3.63) is 12.7 Å². The van der Waals surface area contributed by atoms with Gasteiger partial charge in [-0.1, -0.05) is 77.2 Å². The Balaban J connectivity index is 3.09. The fraction of sp³-hybridized carbons (Fsp3) is 0.889. The third-order valence-electron chi connectivity index (χ3n) is 3.84. The molecule has 1 N–H and O–H groups in total. The molecule has 1 unspecified atom stereocenters. The molecule has 0 aromatic carbocycles. The minimum atomic E-state index is -0.0375. The van der Waals surface area contributed by atoms with Gasteiger partial charge < -0.3 is 5.11 Å². The average molecular weight is 268 g/mol. The molecule has 0 aliphatic rings. The van der Waals surface area contributed by atoms with Gasteiger partial charge >= 0.3 is 0 Å². The van der Waals surface area contributed by atoms with E-state index in [2.05, 4.69) is 13.5 Å². The van der Waals surface area contributed by atoms with Crippen LogP contribution < -0.4 is 0 Å². The summed E-state index contributed by atoms with van der Waals surface area (Å²) in [4.78, 5) is 0. The molecular formula is C18H36O. The highest BCUT2D eigenvalue weighted by atomic mass is 16.3. The predicted octanol–water partition coefficient (Wildman–Crippen LogP) is 6.01. The molecule has 0 bridgehead atoms. The summed E-state index contributed by atoms with van der Waals surface area (Å²) in [6.45, 7) is 5.97. The van der Waals surface area contributed by atoms with Gasteiger partial charge in [0, 0.05) is 0 Å². The van der Waals surface area contributed by atoms with E-state index in [-0.39, 0.29) is 6.10 Å². The Kier molecular flexibility index (Phi) is 15.5. The van der Waals surface area contributed by atoms with E-state index in [0.29, 0.717) is 0 Å². The molecule has 0 saturated carbocycles. The summed E-state index contributed by atoms with van der Waals surface area (Å²) in [7, 11) is 0. The van der Waals surface area contributed by atoms with E-state index in [0.717, 1.165) is 12.8 Å². The first-order valence-corrected chi connectivity index (χ1v) is 8.60. The first-order valence-electron chi connectivity index (χ1n) is 8.60. The summed E-state index contributed by atoms with van der Waals surface area (Å²) in [5, 5.41) is 9.84. The molecule has 0 amide bonds. The maximum absolute atomic E-state index is 9.84. The number of aliphatic hydroxyl groups is 1. The summed E-state index contributed by atoms with van der Waals surface area (Å²) in [5.74, 6) is 0. The molecule has 0 saturated heterocycles. The van der Waals surface area contributed by atoms with E-state index >= 15 is 0 Å². The number of aliphatic hydroxyl groups excluding tert-OH is 1. The van der Waals surface area contributed by atoms with Crippen LogP contribution in [0.15, 0.2) is 12.7 Å². The van der Waals surface area contributed by atoms with Crippen LogP contribution in [0, 0.1) is 0 Å². The minimum absolute atomic E-state index is 0.0375. The number of rotatable bonds is 15. The molecular weight excluding hydrogens is 232 g/mol. The molecule has 0 rings (SSSR count). The van der Waals surface area contributed by atoms with E-state index in [9.17, 15) is 5.11 Å². The number of allylic oxidation sites excluding steroid dienone is 1. The lowest BCUT2D eigenvalue weighted by atomic mass is 10.0. The molecule has 19 heavy (non-hydrogen) atoms. The standard InChI is InChI=1S/C18H36O/c1-3-5-7-9-10-11-12-13-15-17-18(19)16-14-8-6-4-2/h3,18-19H,1,4-17H2,2H3. The van der Waals surface area contributed by atoms with Gasteiger partial charge in [0.1, 0.15) is 0 Å². The van der Waals surface area contributed by atoms with Crippen molar-refractivity contribution in [3.63, 3.8) is 0 Å². The van der Waals surface area contributed by atoms with Gasteiger partial charge in [-0.2, -0.15) is 0 Å². The maximum Gasteiger partial charge on any atom is 0.0540 e. The topological polar surface area (TPSA) is 20.2 Å². The summed E-state index contributed by atoms with van der Waals surface area (Å²) in [6, 6.07) is 0. The quantitative estimate of drug-likeness (QED) is 0.284. The Morgan fingerprint density at radius 2 is 1.26 bits per heavy atom. The Morgan fingerprint density at radius 3 is 1.79 bits per heavy atom. The number of hydrogen-bond acceptors (Lipinski definition) is 1. The largest absolute Gasteiger partial charge is 0.393 e. The Morgan fingerprint density at radius 1 is 0.789 bits per heavy atom. The van der Waals surface area contributed by atoms with Crippen LogP contribution >= 0.6 is 0 Å². The van der Waals surface area contributed by atoms with Crippen LogP contribution in [-0.2, 0) is 0 Å². The third kappa shape index (κ3) is 15.6. The lowest BCUT2D eigenvalue weighted by Crippen LogP contribution is -2.05. The molecule has 0 fully saturated rings. The summed E-state index contributed by atoms with van der Waals surface area (Å²) >= 11 is 0. The fourth-order valence-electron chi connectivity index (χ4n) is 2.50. The third-order valence-corrected chi connectivity index (χ3v) is 3.84. The van der Waals surface area contributed by atoms with Crippen LogP contribution in [0.25, 0.3) is 0 Å². The molecule has 0 heterocycles. The second kappa shape index (κ2) is 15.8. The van der Waals surface area contributed by atoms with E-state index in [1.165, 1.54) is 77.0 Å². The SMILES string of the molecule is C=CCCCCCCCCCC(O)CCCCCC. The van der Waals surface area contributed by atoms with E-state index in [1.54, 1.807) is 0 Å². The number of unbranched alkanes of at least 4 members (excludes halogenated alkanes) is 10. The van der Waals surface area contributed by atoms with Crippen molar-refractivity contribution in [2.75, 3.05) is 0 Å². The summed E-state index contributed by atoms with van der Waals surface area (Å²) < 4.78 is 0. The van der Waals surface area contributed by atoms with Crippen molar-refractivity contribution >= 4 is 0 Å². The van der Waals surface area contributed by atoms with Crippen LogP contribution in [0.5, 0.6) is 0 Å². The highest BCUT2D eigenvalue weighted by molar-refractivity contribution is 4.65. The second-order valence-corrected chi connectivity index (χ2v) is 5.84. The smallest absolute Gasteiger partial charge is 0.0540 e. The molecule has 0 aliphatic heterocycles. The summed E-state index contributed by atoms with van der Waals surface area (Å²) in [5.41, 5.74) is 0. The second-order valence-electron chi connectivity index (χ2n) is 5.84. The molecule has 0 spiro atoms. The zero-order valence-electron chi connectivity index (χ0n) is 13.2. The minimum Gasteiger partial charge on any atom is -0.393 e. The van der Waals surface area contributed by atoms with Crippen LogP contribution in [0.1, 0.15) is 96.8 Å². The van der Waals surface area contributed by atoms with Crippen LogP contribution in [0.4, 0.5) is 0 Å². The van der Waals surface area contributed by atoms with Gasteiger partial charge in [0.15, 0.2) is 0 Å². The monoisotopic (exact) mass is 268 g/mol. The van der Waals surface area contributed by atoms with Gasteiger partial charge in [-0.3, -0.25) is 0 Å². The van der Waals surface area contributed by atoms with Gasteiger partial charge in [0.05, 0.1) is 6.10 Å². The van der Waals surface area contributed by atoms with Crippen LogP contribution in [-0.4, -0.2) is 11.2 Å². The fourth-order valence-corrected chi connectivity index (χ4v) is 2.50. The van der Waals surface area contributed by atoms with Gasteiger partial charge in [0.25, 0.3) is 0 Å². The lowest BCUT2D eigenvalue weighted by molar-refractivity contribution is 0.147. The Bertz CT molecular complexity index is 177. The molecule has 0 aromatic rings. The zero-order chi connectivity index (χ0) is 14.2. The van der Waals surface area contributed by atoms with Crippen molar-refractivity contribution < 1.29 is 5.11 Å². The highest BCUT2D eigenvalue weighted by Gasteiger charge is 2.03. The van der Waals surface area contributed by atoms with Crippen molar-refractivity contribution in [3.8, 4) is 0 Å². The lowest BCUT2D eigenvalue weighted by Gasteiger charge is -2.10. The predicted molar refractivity (Wildman–Crippen MR) is 86.5 cm³/mol.